The van der Waals surface area contributed by atoms with E-state index >= 15 is 0 Å². The Bertz CT molecular complexity index is 519. The number of benzene rings is 1. The number of furan rings is 1. The average molecular weight is 252 g/mol. The Balaban J connectivity index is 2.10. The fourth-order valence-corrected chi connectivity index (χ4v) is 1.53. The first kappa shape index (κ1) is 11.5. The molecule has 5 heteroatoms. The van der Waals surface area contributed by atoms with Gasteiger partial charge in [0.25, 0.3) is 5.91 Å². The summed E-state index contributed by atoms with van der Waals surface area (Å²) in [6, 6.07) is 8.51. The summed E-state index contributed by atoms with van der Waals surface area (Å²) < 4.78 is 9.86. The minimum atomic E-state index is -0.311. The first-order chi connectivity index (χ1) is 8.20. The highest BCUT2D eigenvalue weighted by molar-refractivity contribution is 6.32. The second-order valence-corrected chi connectivity index (χ2v) is 3.63. The number of hydrogen-bond donors (Lipinski definition) is 1. The molecule has 0 spiro atoms. The second-order valence-electron chi connectivity index (χ2n) is 3.29. The quantitative estimate of drug-likeness (QED) is 0.911. The zero-order valence-corrected chi connectivity index (χ0v) is 9.82. The molecule has 1 amide bonds. The summed E-state index contributed by atoms with van der Waals surface area (Å²) in [4.78, 5) is 11.8. The molecule has 2 rings (SSSR count). The van der Waals surface area contributed by atoms with Crippen molar-refractivity contribution in [3.63, 3.8) is 0 Å². The Kier molecular flexibility index (Phi) is 3.35. The van der Waals surface area contributed by atoms with Gasteiger partial charge in [-0.2, -0.15) is 0 Å². The summed E-state index contributed by atoms with van der Waals surface area (Å²) in [5.74, 6) is 0.415. The minimum absolute atomic E-state index is 0.0796. The van der Waals surface area contributed by atoms with Gasteiger partial charge >= 0.3 is 0 Å². The highest BCUT2D eigenvalue weighted by Gasteiger charge is 2.12. The molecule has 0 saturated carbocycles. The van der Waals surface area contributed by atoms with Gasteiger partial charge in [-0.05, 0) is 41.9 Å². The number of methoxy groups -OCH3 is 1. The normalized spacial score (nSPS) is 10.0. The highest BCUT2D eigenvalue weighted by atomic mass is 35.5. The smallest absolute Gasteiger partial charge is 0.260 e. The van der Waals surface area contributed by atoms with Gasteiger partial charge in [0.1, 0.15) is 5.75 Å². The summed E-state index contributed by atoms with van der Waals surface area (Å²) >= 11 is 5.70. The van der Waals surface area contributed by atoms with Crippen LogP contribution in [0.5, 0.6) is 5.75 Å². The lowest BCUT2D eigenvalue weighted by Crippen LogP contribution is -2.11. The molecule has 17 heavy (non-hydrogen) atoms. The third kappa shape index (κ3) is 2.60. The molecule has 0 radical (unpaired) electrons. The first-order valence-corrected chi connectivity index (χ1v) is 5.27. The monoisotopic (exact) mass is 251 g/mol. The Morgan fingerprint density at radius 3 is 2.53 bits per heavy atom. The molecule has 0 bridgehead atoms. The lowest BCUT2D eigenvalue weighted by molar-refractivity contribution is 0.102. The van der Waals surface area contributed by atoms with Crippen molar-refractivity contribution in [3.8, 4) is 5.75 Å². The lowest BCUT2D eigenvalue weighted by atomic mass is 10.2. The van der Waals surface area contributed by atoms with Gasteiger partial charge in [0.15, 0.2) is 0 Å². The number of halogens is 1. The van der Waals surface area contributed by atoms with Gasteiger partial charge < -0.3 is 14.5 Å². The van der Waals surface area contributed by atoms with Gasteiger partial charge in [0.05, 0.1) is 18.9 Å². The zero-order valence-electron chi connectivity index (χ0n) is 9.07. The molecule has 0 saturated heterocycles. The first-order valence-electron chi connectivity index (χ1n) is 4.89. The topological polar surface area (TPSA) is 51.5 Å². The third-order valence-corrected chi connectivity index (χ3v) is 2.50. The summed E-state index contributed by atoms with van der Waals surface area (Å²) in [5.41, 5.74) is 0.968. The van der Waals surface area contributed by atoms with Crippen LogP contribution in [0.25, 0.3) is 0 Å². The number of nitrogens with one attached hydrogen (secondary N) is 1. The molecule has 0 aliphatic heterocycles. The largest absolute Gasteiger partial charge is 0.497 e. The molecular weight excluding hydrogens is 242 g/mol. The third-order valence-electron chi connectivity index (χ3n) is 2.21. The Hall–Kier alpha value is -1.94. The molecule has 0 aliphatic rings. The molecule has 2 aromatic rings. The van der Waals surface area contributed by atoms with Crippen LogP contribution in [0.4, 0.5) is 5.69 Å². The Morgan fingerprint density at radius 1 is 1.29 bits per heavy atom. The standard InChI is InChI=1S/C12H10ClNO3/c1-16-9-4-2-8(3-5-9)14-12(15)10-6-7-17-11(10)13/h2-7H,1H3,(H,14,15). The van der Waals surface area contributed by atoms with E-state index in [1.54, 1.807) is 31.4 Å². The van der Waals surface area contributed by atoms with E-state index in [1.165, 1.54) is 12.3 Å². The van der Waals surface area contributed by atoms with Gasteiger partial charge in [-0.25, -0.2) is 0 Å². The molecular formula is C12H10ClNO3. The number of carbonyl (C=O) groups excluding carboxylic acids is 1. The fraction of sp³-hybridized carbons (Fsp3) is 0.0833. The molecule has 0 fully saturated rings. The molecule has 0 aliphatic carbocycles. The maximum absolute atomic E-state index is 11.8. The number of anilines is 1. The maximum atomic E-state index is 11.8. The van der Waals surface area contributed by atoms with E-state index in [4.69, 9.17) is 20.8 Å². The average Bonchev–Trinajstić information content (AvgIpc) is 2.76. The number of amides is 1. The summed E-state index contributed by atoms with van der Waals surface area (Å²) in [6.07, 6.45) is 1.37. The Morgan fingerprint density at radius 2 is 2.00 bits per heavy atom. The van der Waals surface area contributed by atoms with Crippen molar-refractivity contribution in [2.24, 2.45) is 0 Å². The van der Waals surface area contributed by atoms with Crippen LogP contribution in [0.3, 0.4) is 0 Å². The SMILES string of the molecule is COc1ccc(NC(=O)c2ccoc2Cl)cc1. The number of ether oxygens (including phenoxy) is 1. The molecule has 1 aromatic carbocycles. The van der Waals surface area contributed by atoms with Crippen molar-refractivity contribution < 1.29 is 13.9 Å². The van der Waals surface area contributed by atoms with E-state index in [-0.39, 0.29) is 11.1 Å². The molecule has 4 nitrogen and oxygen atoms in total. The van der Waals surface area contributed by atoms with E-state index < -0.39 is 0 Å². The maximum Gasteiger partial charge on any atom is 0.260 e. The van der Waals surface area contributed by atoms with E-state index in [0.717, 1.165) is 5.75 Å². The minimum Gasteiger partial charge on any atom is -0.497 e. The van der Waals surface area contributed by atoms with Crippen LogP contribution in [0.2, 0.25) is 5.22 Å². The van der Waals surface area contributed by atoms with Gasteiger partial charge in [0.2, 0.25) is 5.22 Å². The summed E-state index contributed by atoms with van der Waals surface area (Å²) in [7, 11) is 1.58. The van der Waals surface area contributed by atoms with Gasteiger partial charge in [-0.15, -0.1) is 0 Å². The number of hydrogen-bond acceptors (Lipinski definition) is 3. The van der Waals surface area contributed by atoms with Crippen LogP contribution in [0.1, 0.15) is 10.4 Å². The lowest BCUT2D eigenvalue weighted by Gasteiger charge is -2.05. The molecule has 1 heterocycles. The van der Waals surface area contributed by atoms with E-state index in [0.29, 0.717) is 11.3 Å². The molecule has 88 valence electrons. The van der Waals surface area contributed by atoms with Crippen molar-refractivity contribution in [3.05, 3.63) is 47.4 Å². The van der Waals surface area contributed by atoms with Crippen molar-refractivity contribution in [2.75, 3.05) is 12.4 Å². The number of carbonyl (C=O) groups is 1. The van der Waals surface area contributed by atoms with Crippen LogP contribution >= 0.6 is 11.6 Å². The summed E-state index contributed by atoms with van der Waals surface area (Å²) in [6.45, 7) is 0. The second kappa shape index (κ2) is 4.93. The van der Waals surface area contributed by atoms with E-state index in [2.05, 4.69) is 5.32 Å². The zero-order chi connectivity index (χ0) is 12.3. The van der Waals surface area contributed by atoms with Gasteiger partial charge in [-0.1, -0.05) is 0 Å². The molecule has 1 N–H and O–H groups in total. The van der Waals surface area contributed by atoms with Crippen molar-refractivity contribution in [1.82, 2.24) is 0 Å². The molecule has 0 atom stereocenters. The van der Waals surface area contributed by atoms with Gasteiger partial charge in [-0.3, -0.25) is 4.79 Å². The van der Waals surface area contributed by atoms with Crippen molar-refractivity contribution in [2.45, 2.75) is 0 Å². The van der Waals surface area contributed by atoms with Crippen molar-refractivity contribution >= 4 is 23.2 Å². The fourth-order valence-electron chi connectivity index (χ4n) is 1.33. The van der Waals surface area contributed by atoms with Crippen LogP contribution in [-0.2, 0) is 0 Å². The van der Waals surface area contributed by atoms with Crippen molar-refractivity contribution in [1.29, 1.82) is 0 Å². The van der Waals surface area contributed by atoms with Crippen LogP contribution in [-0.4, -0.2) is 13.0 Å². The highest BCUT2D eigenvalue weighted by Crippen LogP contribution is 2.20. The predicted molar refractivity (Wildman–Crippen MR) is 64.7 cm³/mol. The summed E-state index contributed by atoms with van der Waals surface area (Å²) in [5, 5.41) is 2.78. The number of rotatable bonds is 3. The van der Waals surface area contributed by atoms with Crippen LogP contribution in [0, 0.1) is 0 Å². The molecule has 1 aromatic heterocycles. The predicted octanol–water partition coefficient (Wildman–Crippen LogP) is 3.19. The van der Waals surface area contributed by atoms with Gasteiger partial charge in [0, 0.05) is 5.69 Å². The molecule has 0 unspecified atom stereocenters. The van der Waals surface area contributed by atoms with Crippen LogP contribution < -0.4 is 10.1 Å². The van der Waals surface area contributed by atoms with E-state index in [9.17, 15) is 4.79 Å². The Labute approximate surface area is 103 Å². The van der Waals surface area contributed by atoms with Crippen LogP contribution in [0.15, 0.2) is 41.0 Å². The van der Waals surface area contributed by atoms with E-state index in [1.807, 2.05) is 0 Å².